The van der Waals surface area contributed by atoms with E-state index >= 15 is 0 Å². The molecule has 6 unspecified atom stereocenters. The van der Waals surface area contributed by atoms with Crippen molar-refractivity contribution in [2.45, 2.75) is 77.2 Å². The molecule has 3 aliphatic rings. The Kier molecular flexibility index (Phi) is 5.68. The van der Waals surface area contributed by atoms with Crippen LogP contribution in [-0.4, -0.2) is 52.7 Å². The zero-order valence-corrected chi connectivity index (χ0v) is 17.9. The molecule has 0 aliphatic carbocycles. The van der Waals surface area contributed by atoms with Gasteiger partial charge in [-0.15, -0.1) is 0 Å². The normalized spacial score (nSPS) is 38.6. The summed E-state index contributed by atoms with van der Waals surface area (Å²) in [5.74, 6) is -4.02. The van der Waals surface area contributed by atoms with Crippen molar-refractivity contribution in [3.63, 3.8) is 0 Å². The molecule has 164 valence electrons. The first-order valence-electron chi connectivity index (χ1n) is 9.92. The van der Waals surface area contributed by atoms with Gasteiger partial charge in [-0.3, -0.25) is 4.79 Å². The Balaban J connectivity index is 2.09. The second-order valence-corrected chi connectivity index (χ2v) is 8.39. The standard InChI is InChI=1S/C22H28O8/c1-7-11(2)19(24)29-16-9-21(6)17(27-14(5)23)10-22(26,30-21)12(3)8-15-18(16)13(4)20(25)28-15/h7-8,15-18,26H,4,9-10H2,1-3,5-6H3. The molecular formula is C22H28O8. The molecule has 8 nitrogen and oxygen atoms in total. The maximum atomic E-state index is 12.6. The molecule has 3 heterocycles. The van der Waals surface area contributed by atoms with Crippen LogP contribution in [-0.2, 0) is 33.3 Å². The summed E-state index contributed by atoms with van der Waals surface area (Å²) in [4.78, 5) is 36.5. The van der Waals surface area contributed by atoms with E-state index in [0.29, 0.717) is 11.1 Å². The van der Waals surface area contributed by atoms with Crippen molar-refractivity contribution in [1.82, 2.24) is 0 Å². The summed E-state index contributed by atoms with van der Waals surface area (Å²) in [6.07, 6.45) is 0.875. The minimum atomic E-state index is -1.71. The van der Waals surface area contributed by atoms with Crippen molar-refractivity contribution >= 4 is 17.9 Å². The molecule has 8 heteroatoms. The van der Waals surface area contributed by atoms with Gasteiger partial charge in [-0.05, 0) is 39.3 Å². The zero-order chi connectivity index (χ0) is 22.4. The number of esters is 3. The molecule has 0 spiro atoms. The summed E-state index contributed by atoms with van der Waals surface area (Å²) in [6.45, 7) is 11.8. The minimum absolute atomic E-state index is 0.00620. The minimum Gasteiger partial charge on any atom is -0.459 e. The average Bonchev–Trinajstić information content (AvgIpc) is 3.06. The third-order valence-corrected chi connectivity index (χ3v) is 6.17. The Bertz CT molecular complexity index is 855. The summed E-state index contributed by atoms with van der Waals surface area (Å²) in [7, 11) is 0. The molecule has 1 N–H and O–H groups in total. The fourth-order valence-corrected chi connectivity index (χ4v) is 4.29. The molecular weight excluding hydrogens is 392 g/mol. The molecule has 0 aromatic carbocycles. The van der Waals surface area contributed by atoms with E-state index in [0.717, 1.165) is 0 Å². The number of carbonyl (C=O) groups excluding carboxylic acids is 3. The summed E-state index contributed by atoms with van der Waals surface area (Å²) in [5, 5.41) is 11.2. The van der Waals surface area contributed by atoms with E-state index in [4.69, 9.17) is 18.9 Å². The molecule has 0 aromatic rings. The second kappa shape index (κ2) is 7.67. The highest BCUT2D eigenvalue weighted by molar-refractivity contribution is 5.92. The second-order valence-electron chi connectivity index (χ2n) is 8.39. The predicted molar refractivity (Wildman–Crippen MR) is 105 cm³/mol. The Morgan fingerprint density at radius 1 is 1.30 bits per heavy atom. The van der Waals surface area contributed by atoms with Crippen LogP contribution >= 0.6 is 0 Å². The van der Waals surface area contributed by atoms with Crippen molar-refractivity contribution in [2.24, 2.45) is 5.92 Å². The molecule has 30 heavy (non-hydrogen) atoms. The van der Waals surface area contributed by atoms with Gasteiger partial charge < -0.3 is 24.1 Å². The van der Waals surface area contributed by atoms with Crippen LogP contribution in [0.15, 0.2) is 35.5 Å². The number of carbonyl (C=O) groups is 3. The first-order valence-corrected chi connectivity index (χ1v) is 9.92. The lowest BCUT2D eigenvalue weighted by Gasteiger charge is -2.35. The number of hydrogen-bond donors (Lipinski definition) is 1. The van der Waals surface area contributed by atoms with Crippen molar-refractivity contribution in [3.05, 3.63) is 35.5 Å². The van der Waals surface area contributed by atoms with E-state index in [1.54, 1.807) is 39.8 Å². The van der Waals surface area contributed by atoms with Crippen molar-refractivity contribution < 1.29 is 38.4 Å². The lowest BCUT2D eigenvalue weighted by Crippen LogP contribution is -2.46. The van der Waals surface area contributed by atoms with Crippen LogP contribution in [0.3, 0.4) is 0 Å². The highest BCUT2D eigenvalue weighted by Crippen LogP contribution is 2.49. The van der Waals surface area contributed by atoms with Gasteiger partial charge in [-0.2, -0.15) is 0 Å². The van der Waals surface area contributed by atoms with Crippen LogP contribution in [0.25, 0.3) is 0 Å². The fraction of sp³-hybridized carbons (Fsp3) is 0.591. The van der Waals surface area contributed by atoms with Gasteiger partial charge in [-0.25, -0.2) is 9.59 Å². The van der Waals surface area contributed by atoms with Crippen LogP contribution in [0.5, 0.6) is 0 Å². The van der Waals surface area contributed by atoms with Gasteiger partial charge in [0.25, 0.3) is 0 Å². The largest absolute Gasteiger partial charge is 0.459 e. The molecule has 2 fully saturated rings. The first-order chi connectivity index (χ1) is 13.9. The number of rotatable bonds is 3. The van der Waals surface area contributed by atoms with E-state index in [-0.39, 0.29) is 18.4 Å². The predicted octanol–water partition coefficient (Wildman–Crippen LogP) is 2.11. The Hall–Kier alpha value is -2.45. The Labute approximate surface area is 175 Å². The highest BCUT2D eigenvalue weighted by Gasteiger charge is 2.59. The maximum absolute atomic E-state index is 12.6. The van der Waals surface area contributed by atoms with Crippen LogP contribution < -0.4 is 0 Å². The van der Waals surface area contributed by atoms with Gasteiger partial charge in [-0.1, -0.05) is 12.7 Å². The van der Waals surface area contributed by atoms with Crippen LogP contribution in [0.4, 0.5) is 0 Å². The van der Waals surface area contributed by atoms with Crippen LogP contribution in [0.1, 0.15) is 47.5 Å². The monoisotopic (exact) mass is 420 g/mol. The van der Waals surface area contributed by atoms with Gasteiger partial charge >= 0.3 is 17.9 Å². The number of hydrogen-bond acceptors (Lipinski definition) is 8. The molecule has 2 bridgehead atoms. The summed E-state index contributed by atoms with van der Waals surface area (Å²) in [5.41, 5.74) is -0.181. The van der Waals surface area contributed by atoms with E-state index < -0.39 is 53.5 Å². The van der Waals surface area contributed by atoms with Crippen LogP contribution in [0.2, 0.25) is 0 Å². The Morgan fingerprint density at radius 3 is 2.57 bits per heavy atom. The topological polar surface area (TPSA) is 108 Å². The molecule has 0 amide bonds. The number of allylic oxidation sites excluding steroid dienone is 1. The quantitative estimate of drug-likeness (QED) is 0.320. The smallest absolute Gasteiger partial charge is 0.334 e. The van der Waals surface area contributed by atoms with Gasteiger partial charge in [0.15, 0.2) is 5.79 Å². The lowest BCUT2D eigenvalue weighted by molar-refractivity contribution is -0.211. The van der Waals surface area contributed by atoms with E-state index in [2.05, 4.69) is 6.58 Å². The van der Waals surface area contributed by atoms with Crippen molar-refractivity contribution in [2.75, 3.05) is 0 Å². The van der Waals surface area contributed by atoms with Gasteiger partial charge in [0.05, 0.1) is 5.92 Å². The highest BCUT2D eigenvalue weighted by atomic mass is 16.7. The fourth-order valence-electron chi connectivity index (χ4n) is 4.29. The molecule has 6 atom stereocenters. The molecule has 3 aliphatic heterocycles. The van der Waals surface area contributed by atoms with Crippen molar-refractivity contribution in [1.29, 1.82) is 0 Å². The third kappa shape index (κ3) is 3.81. The zero-order valence-electron chi connectivity index (χ0n) is 17.9. The summed E-state index contributed by atoms with van der Waals surface area (Å²) >= 11 is 0. The third-order valence-electron chi connectivity index (χ3n) is 6.17. The molecule has 0 aromatic heterocycles. The van der Waals surface area contributed by atoms with Gasteiger partial charge in [0, 0.05) is 30.9 Å². The maximum Gasteiger partial charge on any atom is 0.334 e. The van der Waals surface area contributed by atoms with Crippen LogP contribution in [0, 0.1) is 5.92 Å². The summed E-state index contributed by atoms with van der Waals surface area (Å²) < 4.78 is 22.7. The lowest BCUT2D eigenvalue weighted by atomic mass is 9.80. The Morgan fingerprint density at radius 2 is 1.97 bits per heavy atom. The van der Waals surface area contributed by atoms with E-state index in [1.165, 1.54) is 6.92 Å². The van der Waals surface area contributed by atoms with E-state index in [9.17, 15) is 19.5 Å². The van der Waals surface area contributed by atoms with Crippen molar-refractivity contribution in [3.8, 4) is 0 Å². The van der Waals surface area contributed by atoms with E-state index in [1.807, 2.05) is 0 Å². The number of aliphatic hydroxyl groups is 1. The first kappa shape index (κ1) is 22.2. The molecule has 0 radical (unpaired) electrons. The SMILES string of the molecule is C=C1C(=O)OC2C=C(C)C3(O)CC(OC(C)=O)C(C)(CC(OC(=O)C(C)=CC)C12)O3. The molecule has 3 rings (SSSR count). The molecule has 0 saturated carbocycles. The summed E-state index contributed by atoms with van der Waals surface area (Å²) in [6, 6.07) is 0. The number of ether oxygens (including phenoxy) is 4. The molecule has 2 saturated heterocycles. The number of fused-ring (bicyclic) bond motifs is 3. The average molecular weight is 420 g/mol. The van der Waals surface area contributed by atoms with Gasteiger partial charge in [0.2, 0.25) is 0 Å². The van der Waals surface area contributed by atoms with Gasteiger partial charge in [0.1, 0.15) is 23.9 Å².